The zero-order valence-corrected chi connectivity index (χ0v) is 13.2. The lowest BCUT2D eigenvalue weighted by Crippen LogP contribution is -1.96. The normalized spacial score (nSPS) is 15.7. The van der Waals surface area contributed by atoms with Crippen molar-refractivity contribution in [1.29, 1.82) is 5.26 Å². The quantitative estimate of drug-likeness (QED) is 0.732. The number of benzene rings is 2. The summed E-state index contributed by atoms with van der Waals surface area (Å²) in [5.41, 5.74) is 1.92. The molecule has 0 spiro atoms. The van der Waals surface area contributed by atoms with Crippen molar-refractivity contribution in [3.63, 3.8) is 0 Å². The van der Waals surface area contributed by atoms with Gasteiger partial charge in [-0.05, 0) is 29.3 Å². The fraction of sp³-hybridized carbons (Fsp3) is 0. The van der Waals surface area contributed by atoms with Crippen LogP contribution in [0, 0.1) is 11.3 Å². The summed E-state index contributed by atoms with van der Waals surface area (Å²) in [7, 11) is 0. The summed E-state index contributed by atoms with van der Waals surface area (Å²) in [5, 5.41) is 10.1. The summed E-state index contributed by atoms with van der Waals surface area (Å²) in [5.74, 6) is -0.339. The lowest BCUT2D eigenvalue weighted by molar-refractivity contribution is -0.132. The molecule has 3 rings (SSSR count). The standard InChI is InChI=1S/C18H9Cl2NO2/c19-14-7-6-11(8-15(14)20)9-16-17(12-4-2-1-3-5-12)13(10-21)18(22)23-16/h1-9H. The van der Waals surface area contributed by atoms with Crippen LogP contribution in [0.2, 0.25) is 10.0 Å². The van der Waals surface area contributed by atoms with E-state index in [0.717, 1.165) is 11.1 Å². The maximum atomic E-state index is 11.9. The Morgan fingerprint density at radius 2 is 1.78 bits per heavy atom. The number of hydrogen-bond acceptors (Lipinski definition) is 3. The highest BCUT2D eigenvalue weighted by atomic mass is 35.5. The van der Waals surface area contributed by atoms with Gasteiger partial charge in [0, 0.05) is 5.57 Å². The van der Waals surface area contributed by atoms with Crippen molar-refractivity contribution in [3.8, 4) is 6.07 Å². The molecule has 1 aliphatic heterocycles. The van der Waals surface area contributed by atoms with Crippen molar-refractivity contribution in [2.45, 2.75) is 0 Å². The van der Waals surface area contributed by atoms with E-state index < -0.39 is 5.97 Å². The first-order chi connectivity index (χ1) is 11.1. The van der Waals surface area contributed by atoms with Crippen molar-refractivity contribution < 1.29 is 9.53 Å². The molecule has 0 aliphatic carbocycles. The van der Waals surface area contributed by atoms with Crippen molar-refractivity contribution in [2.24, 2.45) is 0 Å². The van der Waals surface area contributed by atoms with Gasteiger partial charge in [-0.15, -0.1) is 0 Å². The Labute approximate surface area is 143 Å². The predicted octanol–water partition coefficient (Wildman–Crippen LogP) is 4.87. The maximum Gasteiger partial charge on any atom is 0.355 e. The van der Waals surface area contributed by atoms with Crippen LogP contribution in [0.25, 0.3) is 11.6 Å². The lowest BCUT2D eigenvalue weighted by Gasteiger charge is -2.05. The molecule has 0 amide bonds. The second-order valence-corrected chi connectivity index (χ2v) is 5.61. The van der Waals surface area contributed by atoms with Gasteiger partial charge in [0.15, 0.2) is 0 Å². The highest BCUT2D eigenvalue weighted by Crippen LogP contribution is 2.36. The average molecular weight is 342 g/mol. The summed E-state index contributed by atoms with van der Waals surface area (Å²) in [6.07, 6.45) is 1.66. The SMILES string of the molecule is N#CC1=C(c2ccccc2)C(=Cc2ccc(Cl)c(Cl)c2)OC1=O. The summed E-state index contributed by atoms with van der Waals surface area (Å²) < 4.78 is 5.26. The molecule has 0 radical (unpaired) electrons. The minimum absolute atomic E-state index is 0.0116. The second-order valence-electron chi connectivity index (χ2n) is 4.80. The van der Waals surface area contributed by atoms with Crippen LogP contribution in [0.4, 0.5) is 0 Å². The van der Waals surface area contributed by atoms with Gasteiger partial charge in [-0.2, -0.15) is 5.26 Å². The highest BCUT2D eigenvalue weighted by Gasteiger charge is 2.30. The molecule has 0 saturated heterocycles. The topological polar surface area (TPSA) is 50.1 Å². The number of esters is 1. The van der Waals surface area contributed by atoms with Gasteiger partial charge in [-0.1, -0.05) is 59.6 Å². The Morgan fingerprint density at radius 1 is 1.04 bits per heavy atom. The molecule has 0 saturated carbocycles. The van der Waals surface area contributed by atoms with E-state index in [0.29, 0.717) is 21.4 Å². The van der Waals surface area contributed by atoms with Gasteiger partial charge in [0.2, 0.25) is 0 Å². The monoisotopic (exact) mass is 341 g/mol. The molecule has 1 aliphatic rings. The Bertz CT molecular complexity index is 893. The van der Waals surface area contributed by atoms with E-state index in [1.807, 2.05) is 36.4 Å². The maximum absolute atomic E-state index is 11.9. The van der Waals surface area contributed by atoms with E-state index in [-0.39, 0.29) is 5.57 Å². The number of carbonyl (C=O) groups is 1. The Morgan fingerprint density at radius 3 is 2.43 bits per heavy atom. The molecule has 2 aromatic rings. The van der Waals surface area contributed by atoms with E-state index in [4.69, 9.17) is 27.9 Å². The van der Waals surface area contributed by atoms with Crippen LogP contribution in [-0.4, -0.2) is 5.97 Å². The molecular weight excluding hydrogens is 333 g/mol. The number of ether oxygens (including phenoxy) is 1. The molecular formula is C18H9Cl2NO2. The van der Waals surface area contributed by atoms with Crippen LogP contribution >= 0.6 is 23.2 Å². The van der Waals surface area contributed by atoms with Crippen LogP contribution in [-0.2, 0) is 9.53 Å². The first-order valence-electron chi connectivity index (χ1n) is 6.69. The zero-order valence-electron chi connectivity index (χ0n) is 11.7. The summed E-state index contributed by atoms with van der Waals surface area (Å²) in [6.45, 7) is 0. The number of rotatable bonds is 2. The minimum atomic E-state index is -0.655. The first-order valence-corrected chi connectivity index (χ1v) is 7.45. The third-order valence-electron chi connectivity index (χ3n) is 3.32. The molecule has 0 unspecified atom stereocenters. The molecule has 2 aromatic carbocycles. The number of halogens is 2. The van der Waals surface area contributed by atoms with Gasteiger partial charge in [-0.25, -0.2) is 4.79 Å². The third kappa shape index (κ3) is 3.00. The van der Waals surface area contributed by atoms with Crippen LogP contribution in [0.15, 0.2) is 59.9 Å². The van der Waals surface area contributed by atoms with Gasteiger partial charge < -0.3 is 4.74 Å². The van der Waals surface area contributed by atoms with Crippen LogP contribution < -0.4 is 0 Å². The molecule has 0 atom stereocenters. The molecule has 23 heavy (non-hydrogen) atoms. The summed E-state index contributed by atoms with van der Waals surface area (Å²) in [4.78, 5) is 11.9. The number of cyclic esters (lactones) is 1. The van der Waals surface area contributed by atoms with Crippen LogP contribution in [0.1, 0.15) is 11.1 Å². The third-order valence-corrected chi connectivity index (χ3v) is 4.06. The van der Waals surface area contributed by atoms with Crippen molar-refractivity contribution in [3.05, 3.63) is 81.0 Å². The summed E-state index contributed by atoms with van der Waals surface area (Å²) in [6, 6.07) is 16.1. The van der Waals surface area contributed by atoms with E-state index in [9.17, 15) is 10.1 Å². The van der Waals surface area contributed by atoms with Crippen molar-refractivity contribution in [2.75, 3.05) is 0 Å². The fourth-order valence-electron chi connectivity index (χ4n) is 2.28. The Balaban J connectivity index is 2.13. The second kappa shape index (κ2) is 6.29. The number of allylic oxidation sites excluding steroid dienone is 1. The predicted molar refractivity (Wildman–Crippen MR) is 89.5 cm³/mol. The van der Waals surface area contributed by atoms with E-state index in [1.165, 1.54) is 0 Å². The minimum Gasteiger partial charge on any atom is -0.422 e. The molecule has 0 aromatic heterocycles. The zero-order chi connectivity index (χ0) is 16.4. The first kappa shape index (κ1) is 15.4. The molecule has 5 heteroatoms. The van der Waals surface area contributed by atoms with Crippen LogP contribution in [0.5, 0.6) is 0 Å². The number of nitriles is 1. The number of carbonyl (C=O) groups excluding carboxylic acids is 1. The molecule has 0 fully saturated rings. The highest BCUT2D eigenvalue weighted by molar-refractivity contribution is 6.42. The largest absolute Gasteiger partial charge is 0.422 e. The Hall–Kier alpha value is -2.54. The van der Waals surface area contributed by atoms with Gasteiger partial charge in [0.05, 0.1) is 10.0 Å². The number of nitrogens with zero attached hydrogens (tertiary/aromatic N) is 1. The van der Waals surface area contributed by atoms with E-state index in [2.05, 4.69) is 0 Å². The van der Waals surface area contributed by atoms with E-state index >= 15 is 0 Å². The molecule has 3 nitrogen and oxygen atoms in total. The van der Waals surface area contributed by atoms with Crippen LogP contribution in [0.3, 0.4) is 0 Å². The number of hydrogen-bond donors (Lipinski definition) is 0. The van der Waals surface area contributed by atoms with Gasteiger partial charge >= 0.3 is 5.97 Å². The van der Waals surface area contributed by atoms with E-state index in [1.54, 1.807) is 24.3 Å². The molecule has 112 valence electrons. The molecule has 0 N–H and O–H groups in total. The molecule has 0 bridgehead atoms. The molecule has 1 heterocycles. The smallest absolute Gasteiger partial charge is 0.355 e. The van der Waals surface area contributed by atoms with Gasteiger partial charge in [-0.3, -0.25) is 0 Å². The Kier molecular flexibility index (Phi) is 4.20. The lowest BCUT2D eigenvalue weighted by atomic mass is 9.99. The van der Waals surface area contributed by atoms with Crippen molar-refractivity contribution >= 4 is 40.8 Å². The van der Waals surface area contributed by atoms with Gasteiger partial charge in [0.25, 0.3) is 0 Å². The van der Waals surface area contributed by atoms with Gasteiger partial charge in [0.1, 0.15) is 17.4 Å². The fourth-order valence-corrected chi connectivity index (χ4v) is 2.58. The van der Waals surface area contributed by atoms with Crippen molar-refractivity contribution in [1.82, 2.24) is 0 Å². The average Bonchev–Trinajstić information content (AvgIpc) is 2.87. The summed E-state index contributed by atoms with van der Waals surface area (Å²) >= 11 is 11.9.